The molecule has 0 aliphatic heterocycles. The molecule has 0 unspecified atom stereocenters. The second kappa shape index (κ2) is 5.58. The minimum atomic E-state index is -0.176. The molecule has 1 aromatic carbocycles. The van der Waals surface area contributed by atoms with Crippen molar-refractivity contribution >= 4 is 28.2 Å². The molecule has 3 aromatic rings. The highest BCUT2D eigenvalue weighted by atomic mass is 16.1. The fourth-order valence-electron chi connectivity index (χ4n) is 2.13. The molecule has 0 fully saturated rings. The lowest BCUT2D eigenvalue weighted by molar-refractivity contribution is 0.102. The van der Waals surface area contributed by atoms with Gasteiger partial charge in [0.25, 0.3) is 5.91 Å². The molecule has 0 aliphatic carbocycles. The molecule has 21 heavy (non-hydrogen) atoms. The van der Waals surface area contributed by atoms with Gasteiger partial charge in [-0.05, 0) is 29.7 Å². The number of pyridine rings is 2. The fourth-order valence-corrected chi connectivity index (χ4v) is 2.13. The molecule has 0 aliphatic rings. The van der Waals surface area contributed by atoms with E-state index in [0.29, 0.717) is 11.4 Å². The van der Waals surface area contributed by atoms with Gasteiger partial charge in [-0.3, -0.25) is 9.78 Å². The van der Waals surface area contributed by atoms with E-state index in [1.54, 1.807) is 37.8 Å². The minimum Gasteiger partial charge on any atom is -0.373 e. The maximum Gasteiger partial charge on any atom is 0.255 e. The SMILES string of the molecule is CNc1cc(C(=O)Nc2cccc3ccncc23)ccn1. The highest BCUT2D eigenvalue weighted by molar-refractivity contribution is 6.09. The fraction of sp³-hybridized carbons (Fsp3) is 0.0625. The zero-order chi connectivity index (χ0) is 14.7. The number of carbonyl (C=O) groups excluding carboxylic acids is 1. The lowest BCUT2D eigenvalue weighted by Crippen LogP contribution is -2.12. The molecular formula is C16H14N4O. The molecule has 3 rings (SSSR count). The van der Waals surface area contributed by atoms with E-state index >= 15 is 0 Å². The van der Waals surface area contributed by atoms with Crippen molar-refractivity contribution in [2.75, 3.05) is 17.7 Å². The van der Waals surface area contributed by atoms with Gasteiger partial charge in [0.05, 0.1) is 5.69 Å². The number of carbonyl (C=O) groups is 1. The summed E-state index contributed by atoms with van der Waals surface area (Å²) in [6.07, 6.45) is 5.08. The molecule has 104 valence electrons. The number of nitrogens with zero attached hydrogens (tertiary/aromatic N) is 2. The van der Waals surface area contributed by atoms with Crippen LogP contribution in [0.15, 0.2) is 55.0 Å². The Hall–Kier alpha value is -2.95. The Bertz CT molecular complexity index is 796. The number of rotatable bonds is 3. The monoisotopic (exact) mass is 278 g/mol. The number of fused-ring (bicyclic) bond motifs is 1. The third-order valence-electron chi connectivity index (χ3n) is 3.21. The molecule has 1 amide bonds. The van der Waals surface area contributed by atoms with E-state index in [4.69, 9.17) is 0 Å². The van der Waals surface area contributed by atoms with Crippen LogP contribution in [-0.2, 0) is 0 Å². The van der Waals surface area contributed by atoms with Crippen LogP contribution >= 0.6 is 0 Å². The standard InChI is InChI=1S/C16H14N4O/c1-17-15-9-12(6-8-19-15)16(21)20-14-4-2-3-11-5-7-18-10-13(11)14/h2-10H,1H3,(H,17,19)(H,20,21). The van der Waals surface area contributed by atoms with Gasteiger partial charge in [0, 0.05) is 36.6 Å². The molecule has 2 aromatic heterocycles. The van der Waals surface area contributed by atoms with E-state index < -0.39 is 0 Å². The first-order valence-electron chi connectivity index (χ1n) is 6.56. The Kier molecular flexibility index (Phi) is 3.47. The Labute approximate surface area is 122 Å². The maximum atomic E-state index is 12.3. The van der Waals surface area contributed by atoms with Crippen LogP contribution in [0.5, 0.6) is 0 Å². The highest BCUT2D eigenvalue weighted by Crippen LogP contribution is 2.22. The van der Waals surface area contributed by atoms with E-state index in [9.17, 15) is 4.79 Å². The van der Waals surface area contributed by atoms with Crippen LogP contribution in [0.3, 0.4) is 0 Å². The second-order valence-electron chi connectivity index (χ2n) is 4.54. The molecule has 0 atom stereocenters. The molecular weight excluding hydrogens is 264 g/mol. The summed E-state index contributed by atoms with van der Waals surface area (Å²) in [4.78, 5) is 20.5. The van der Waals surface area contributed by atoms with Crippen molar-refractivity contribution in [3.05, 3.63) is 60.6 Å². The van der Waals surface area contributed by atoms with Gasteiger partial charge in [-0.1, -0.05) is 12.1 Å². The van der Waals surface area contributed by atoms with E-state index in [2.05, 4.69) is 20.6 Å². The third-order valence-corrected chi connectivity index (χ3v) is 3.21. The Morgan fingerprint density at radius 1 is 1.14 bits per heavy atom. The summed E-state index contributed by atoms with van der Waals surface area (Å²) < 4.78 is 0. The minimum absolute atomic E-state index is 0.176. The molecule has 0 spiro atoms. The van der Waals surface area contributed by atoms with E-state index in [1.807, 2.05) is 24.3 Å². The van der Waals surface area contributed by atoms with Crippen LogP contribution in [0.2, 0.25) is 0 Å². The number of hydrogen-bond acceptors (Lipinski definition) is 4. The van der Waals surface area contributed by atoms with Gasteiger partial charge in [0.15, 0.2) is 0 Å². The van der Waals surface area contributed by atoms with Gasteiger partial charge in [-0.15, -0.1) is 0 Å². The lowest BCUT2D eigenvalue weighted by atomic mass is 10.1. The summed E-state index contributed by atoms with van der Waals surface area (Å²) >= 11 is 0. The number of benzene rings is 1. The van der Waals surface area contributed by atoms with Gasteiger partial charge < -0.3 is 10.6 Å². The highest BCUT2D eigenvalue weighted by Gasteiger charge is 2.09. The molecule has 0 saturated carbocycles. The first kappa shape index (κ1) is 13.1. The summed E-state index contributed by atoms with van der Waals surface area (Å²) in [5, 5.41) is 7.78. The Morgan fingerprint density at radius 3 is 2.90 bits per heavy atom. The summed E-state index contributed by atoms with van der Waals surface area (Å²) in [6.45, 7) is 0. The maximum absolute atomic E-state index is 12.3. The zero-order valence-electron chi connectivity index (χ0n) is 11.5. The number of amides is 1. The van der Waals surface area contributed by atoms with E-state index in [-0.39, 0.29) is 5.91 Å². The van der Waals surface area contributed by atoms with Gasteiger partial charge in [-0.25, -0.2) is 4.98 Å². The first-order valence-corrected chi connectivity index (χ1v) is 6.56. The summed E-state index contributed by atoms with van der Waals surface area (Å²) in [7, 11) is 1.76. The van der Waals surface area contributed by atoms with Crippen LogP contribution in [0.4, 0.5) is 11.5 Å². The van der Waals surface area contributed by atoms with Crippen molar-refractivity contribution in [1.82, 2.24) is 9.97 Å². The summed E-state index contributed by atoms with van der Waals surface area (Å²) in [6, 6.07) is 11.1. The van der Waals surface area contributed by atoms with E-state index in [1.165, 1.54) is 0 Å². The van der Waals surface area contributed by atoms with Gasteiger partial charge in [0.1, 0.15) is 5.82 Å². The Balaban J connectivity index is 1.93. The lowest BCUT2D eigenvalue weighted by Gasteiger charge is -2.09. The van der Waals surface area contributed by atoms with Gasteiger partial charge >= 0.3 is 0 Å². The van der Waals surface area contributed by atoms with Crippen molar-refractivity contribution in [3.8, 4) is 0 Å². The molecule has 0 radical (unpaired) electrons. The second-order valence-corrected chi connectivity index (χ2v) is 4.54. The molecule has 5 heteroatoms. The molecule has 5 nitrogen and oxygen atoms in total. The van der Waals surface area contributed by atoms with Crippen LogP contribution < -0.4 is 10.6 Å². The van der Waals surface area contributed by atoms with Crippen molar-refractivity contribution in [1.29, 1.82) is 0 Å². The average molecular weight is 278 g/mol. The first-order chi connectivity index (χ1) is 10.3. The summed E-state index contributed by atoms with van der Waals surface area (Å²) in [5.41, 5.74) is 1.30. The smallest absolute Gasteiger partial charge is 0.255 e. The Morgan fingerprint density at radius 2 is 2.05 bits per heavy atom. The van der Waals surface area contributed by atoms with Crippen LogP contribution in [0, 0.1) is 0 Å². The predicted molar refractivity (Wildman–Crippen MR) is 83.5 cm³/mol. The van der Waals surface area contributed by atoms with Crippen LogP contribution in [0.1, 0.15) is 10.4 Å². The molecule has 2 heterocycles. The van der Waals surface area contributed by atoms with Crippen molar-refractivity contribution < 1.29 is 4.79 Å². The third kappa shape index (κ3) is 2.67. The zero-order valence-corrected chi connectivity index (χ0v) is 11.5. The molecule has 0 bridgehead atoms. The number of nitrogens with one attached hydrogen (secondary N) is 2. The molecule has 0 saturated heterocycles. The average Bonchev–Trinajstić information content (AvgIpc) is 2.55. The topological polar surface area (TPSA) is 66.9 Å². The summed E-state index contributed by atoms with van der Waals surface area (Å²) in [5.74, 6) is 0.479. The largest absolute Gasteiger partial charge is 0.373 e. The quantitative estimate of drug-likeness (QED) is 0.773. The number of anilines is 2. The van der Waals surface area contributed by atoms with Crippen LogP contribution in [0.25, 0.3) is 10.8 Å². The number of hydrogen-bond donors (Lipinski definition) is 2. The van der Waals surface area contributed by atoms with Crippen molar-refractivity contribution in [3.63, 3.8) is 0 Å². The van der Waals surface area contributed by atoms with Crippen LogP contribution in [-0.4, -0.2) is 22.9 Å². The van der Waals surface area contributed by atoms with Gasteiger partial charge in [-0.2, -0.15) is 0 Å². The van der Waals surface area contributed by atoms with Gasteiger partial charge in [0.2, 0.25) is 0 Å². The van der Waals surface area contributed by atoms with Crippen molar-refractivity contribution in [2.24, 2.45) is 0 Å². The van der Waals surface area contributed by atoms with E-state index in [0.717, 1.165) is 16.5 Å². The predicted octanol–water partition coefficient (Wildman–Crippen LogP) is 2.92. The van der Waals surface area contributed by atoms with Crippen molar-refractivity contribution in [2.45, 2.75) is 0 Å². The molecule has 2 N–H and O–H groups in total. The number of aromatic nitrogens is 2. The normalized spacial score (nSPS) is 10.3.